The number of fused-ring (bicyclic) bond motifs is 2. The first kappa shape index (κ1) is 11.0. The van der Waals surface area contributed by atoms with E-state index < -0.39 is 0 Å². The molecule has 2 nitrogen and oxygen atoms in total. The fourth-order valence-corrected chi connectivity index (χ4v) is 2.80. The molecule has 1 aliphatic heterocycles. The number of nitrogens with zero attached hydrogens (tertiary/aromatic N) is 1. The Kier molecular flexibility index (Phi) is 2.57. The van der Waals surface area contributed by atoms with E-state index in [0.29, 0.717) is 6.61 Å². The zero-order valence-corrected chi connectivity index (χ0v) is 10.8. The molecule has 0 saturated carbocycles. The van der Waals surface area contributed by atoms with Crippen molar-refractivity contribution in [2.24, 2.45) is 0 Å². The van der Waals surface area contributed by atoms with Crippen molar-refractivity contribution in [3.05, 3.63) is 39.5 Å². The van der Waals surface area contributed by atoms with Gasteiger partial charge in [0.2, 0.25) is 0 Å². The third-order valence-corrected chi connectivity index (χ3v) is 3.81. The summed E-state index contributed by atoms with van der Waals surface area (Å²) in [5.41, 5.74) is 5.57. The monoisotopic (exact) mass is 247 g/mol. The van der Waals surface area contributed by atoms with E-state index >= 15 is 0 Å². The Hall–Kier alpha value is -1.12. The smallest absolute Gasteiger partial charge is 0.0752 e. The highest BCUT2D eigenvalue weighted by Crippen LogP contribution is 2.34. The van der Waals surface area contributed by atoms with Gasteiger partial charge in [-0.2, -0.15) is 0 Å². The van der Waals surface area contributed by atoms with E-state index in [1.54, 1.807) is 0 Å². The largest absolute Gasteiger partial charge is 0.376 e. The van der Waals surface area contributed by atoms with Crippen molar-refractivity contribution in [2.75, 3.05) is 6.61 Å². The van der Waals surface area contributed by atoms with Crippen LogP contribution in [0.5, 0.6) is 0 Å². The molecule has 0 fully saturated rings. The number of rotatable bonds is 0. The normalized spacial score (nSPS) is 15.0. The van der Waals surface area contributed by atoms with E-state index in [9.17, 15) is 0 Å². The standard InChI is InChI=1S/C14H14ClNO/c1-8-3-4-9(2)14-12(8)13(15)10-7-17-6-5-11(10)16-14/h3-4H,5-7H2,1-2H3. The first-order chi connectivity index (χ1) is 8.18. The summed E-state index contributed by atoms with van der Waals surface area (Å²) in [7, 11) is 0. The molecule has 0 saturated heterocycles. The molecule has 0 unspecified atom stereocenters. The van der Waals surface area contributed by atoms with Crippen LogP contribution in [0.1, 0.15) is 22.4 Å². The average molecular weight is 248 g/mol. The second-order valence-corrected chi connectivity index (χ2v) is 4.95. The van der Waals surface area contributed by atoms with Crippen LogP contribution in [-0.2, 0) is 17.8 Å². The van der Waals surface area contributed by atoms with Crippen molar-refractivity contribution >= 4 is 22.5 Å². The number of hydrogen-bond donors (Lipinski definition) is 0. The predicted octanol–water partition coefficient (Wildman–Crippen LogP) is 3.58. The van der Waals surface area contributed by atoms with Crippen molar-refractivity contribution < 1.29 is 4.74 Å². The van der Waals surface area contributed by atoms with Crippen molar-refractivity contribution in [1.29, 1.82) is 0 Å². The third kappa shape index (κ3) is 1.63. The minimum Gasteiger partial charge on any atom is -0.376 e. The maximum absolute atomic E-state index is 6.52. The molecule has 3 heteroatoms. The molecule has 0 radical (unpaired) electrons. The zero-order valence-electron chi connectivity index (χ0n) is 10.0. The van der Waals surface area contributed by atoms with Crippen LogP contribution in [0, 0.1) is 13.8 Å². The molecule has 0 amide bonds. The third-order valence-electron chi connectivity index (χ3n) is 3.40. The summed E-state index contributed by atoms with van der Waals surface area (Å²) in [6.45, 7) is 5.49. The quantitative estimate of drug-likeness (QED) is 0.710. The molecule has 1 aromatic heterocycles. The summed E-state index contributed by atoms with van der Waals surface area (Å²) in [5.74, 6) is 0. The molecule has 1 aromatic carbocycles. The molecular weight excluding hydrogens is 234 g/mol. The SMILES string of the molecule is Cc1ccc(C)c2c(Cl)c3c(nc12)CCOC3. The molecule has 0 N–H and O–H groups in total. The van der Waals surface area contributed by atoms with Crippen molar-refractivity contribution in [3.63, 3.8) is 0 Å². The molecule has 3 rings (SSSR count). The highest BCUT2D eigenvalue weighted by Gasteiger charge is 2.19. The minimum atomic E-state index is 0.588. The molecule has 0 aliphatic carbocycles. The van der Waals surface area contributed by atoms with Crippen molar-refractivity contribution in [1.82, 2.24) is 4.98 Å². The van der Waals surface area contributed by atoms with E-state index in [1.807, 2.05) is 0 Å². The number of halogens is 1. The van der Waals surface area contributed by atoms with Crippen LogP contribution >= 0.6 is 11.6 Å². The molecule has 2 heterocycles. The minimum absolute atomic E-state index is 0.588. The van der Waals surface area contributed by atoms with E-state index in [-0.39, 0.29) is 0 Å². The second-order valence-electron chi connectivity index (χ2n) is 4.58. The van der Waals surface area contributed by atoms with Gasteiger partial charge in [-0.3, -0.25) is 4.98 Å². The van der Waals surface area contributed by atoms with Gasteiger partial charge in [-0.1, -0.05) is 23.7 Å². The van der Waals surface area contributed by atoms with Crippen molar-refractivity contribution in [2.45, 2.75) is 26.9 Å². The van der Waals surface area contributed by atoms with E-state index in [4.69, 9.17) is 21.3 Å². The maximum atomic E-state index is 6.52. The Morgan fingerprint density at radius 3 is 2.82 bits per heavy atom. The molecule has 1 aliphatic rings. The van der Waals surface area contributed by atoms with E-state index in [0.717, 1.165) is 40.2 Å². The molecule has 0 spiro atoms. The Morgan fingerprint density at radius 2 is 2.00 bits per heavy atom. The summed E-state index contributed by atoms with van der Waals surface area (Å²) in [6.07, 6.45) is 0.859. The molecule has 0 bridgehead atoms. The van der Waals surface area contributed by atoms with Crippen LogP contribution in [0.2, 0.25) is 5.02 Å². The van der Waals surface area contributed by atoms with Gasteiger partial charge in [0.25, 0.3) is 0 Å². The summed E-state index contributed by atoms with van der Waals surface area (Å²) >= 11 is 6.52. The van der Waals surface area contributed by atoms with Crippen LogP contribution in [0.25, 0.3) is 10.9 Å². The number of aryl methyl sites for hydroxylation is 2. The van der Waals surface area contributed by atoms with Gasteiger partial charge in [-0.25, -0.2) is 0 Å². The Bertz CT molecular complexity index is 607. The number of benzene rings is 1. The van der Waals surface area contributed by atoms with Crippen LogP contribution in [0.4, 0.5) is 0 Å². The van der Waals surface area contributed by atoms with E-state index in [2.05, 4.69) is 26.0 Å². The Balaban J connectivity index is 2.44. The average Bonchev–Trinajstić information content (AvgIpc) is 2.34. The first-order valence-corrected chi connectivity index (χ1v) is 6.21. The Labute approximate surface area is 106 Å². The van der Waals surface area contributed by atoms with Crippen LogP contribution in [0.15, 0.2) is 12.1 Å². The number of ether oxygens (including phenoxy) is 1. The molecular formula is C14H14ClNO. The topological polar surface area (TPSA) is 22.1 Å². The summed E-state index contributed by atoms with van der Waals surface area (Å²) in [6, 6.07) is 4.20. The fourth-order valence-electron chi connectivity index (χ4n) is 2.39. The lowest BCUT2D eigenvalue weighted by Crippen LogP contribution is -2.13. The summed E-state index contributed by atoms with van der Waals surface area (Å²) < 4.78 is 5.47. The molecule has 88 valence electrons. The van der Waals surface area contributed by atoms with Gasteiger partial charge in [0, 0.05) is 17.4 Å². The summed E-state index contributed by atoms with van der Waals surface area (Å²) in [5, 5.41) is 1.90. The lowest BCUT2D eigenvalue weighted by atomic mass is 10.0. The second kappa shape index (κ2) is 3.97. The lowest BCUT2D eigenvalue weighted by Gasteiger charge is -2.19. The van der Waals surface area contributed by atoms with Crippen LogP contribution < -0.4 is 0 Å². The van der Waals surface area contributed by atoms with Gasteiger partial charge < -0.3 is 4.74 Å². The predicted molar refractivity (Wildman–Crippen MR) is 69.6 cm³/mol. The van der Waals surface area contributed by atoms with Crippen LogP contribution in [-0.4, -0.2) is 11.6 Å². The van der Waals surface area contributed by atoms with Gasteiger partial charge in [0.1, 0.15) is 0 Å². The highest BCUT2D eigenvalue weighted by molar-refractivity contribution is 6.36. The lowest BCUT2D eigenvalue weighted by molar-refractivity contribution is 0.109. The molecule has 17 heavy (non-hydrogen) atoms. The molecule has 0 atom stereocenters. The zero-order chi connectivity index (χ0) is 12.0. The van der Waals surface area contributed by atoms with Gasteiger partial charge in [0.05, 0.1) is 29.4 Å². The number of aromatic nitrogens is 1. The summed E-state index contributed by atoms with van der Waals surface area (Å²) in [4.78, 5) is 4.77. The van der Waals surface area contributed by atoms with Gasteiger partial charge >= 0.3 is 0 Å². The number of pyridine rings is 1. The van der Waals surface area contributed by atoms with Gasteiger partial charge in [0.15, 0.2) is 0 Å². The maximum Gasteiger partial charge on any atom is 0.0752 e. The molecule has 2 aromatic rings. The fraction of sp³-hybridized carbons (Fsp3) is 0.357. The van der Waals surface area contributed by atoms with Gasteiger partial charge in [-0.15, -0.1) is 0 Å². The van der Waals surface area contributed by atoms with E-state index in [1.165, 1.54) is 11.1 Å². The van der Waals surface area contributed by atoms with Crippen LogP contribution in [0.3, 0.4) is 0 Å². The first-order valence-electron chi connectivity index (χ1n) is 5.83. The highest BCUT2D eigenvalue weighted by atomic mass is 35.5. The number of hydrogen-bond acceptors (Lipinski definition) is 2. The van der Waals surface area contributed by atoms with Gasteiger partial charge in [-0.05, 0) is 25.0 Å². The Morgan fingerprint density at radius 1 is 1.24 bits per heavy atom. The van der Waals surface area contributed by atoms with Crippen molar-refractivity contribution in [3.8, 4) is 0 Å².